The summed E-state index contributed by atoms with van der Waals surface area (Å²) in [5.74, 6) is 0.137. The van der Waals surface area contributed by atoms with Crippen LogP contribution >= 0.6 is 0 Å². The third kappa shape index (κ3) is 4.76. The van der Waals surface area contributed by atoms with E-state index in [2.05, 4.69) is 15.3 Å². The van der Waals surface area contributed by atoms with Crippen molar-refractivity contribution in [1.29, 1.82) is 0 Å². The number of rotatable bonds is 6. The maximum absolute atomic E-state index is 12.2. The van der Waals surface area contributed by atoms with Crippen LogP contribution in [0.3, 0.4) is 0 Å². The second kappa shape index (κ2) is 8.54. The monoisotopic (exact) mass is 376 g/mol. The van der Waals surface area contributed by atoms with Crippen molar-refractivity contribution in [3.63, 3.8) is 0 Å². The van der Waals surface area contributed by atoms with Gasteiger partial charge in [0.15, 0.2) is 0 Å². The Morgan fingerprint density at radius 1 is 1.14 bits per heavy atom. The number of carbonyl (C=O) groups is 1. The molecule has 0 saturated carbocycles. The van der Waals surface area contributed by atoms with Crippen molar-refractivity contribution in [1.82, 2.24) is 9.97 Å². The van der Waals surface area contributed by atoms with Crippen LogP contribution in [0.5, 0.6) is 11.8 Å². The average Bonchev–Trinajstić information content (AvgIpc) is 2.69. The molecule has 2 aromatic carbocycles. The first-order valence-electron chi connectivity index (χ1n) is 8.31. The third-order valence-corrected chi connectivity index (χ3v) is 3.75. The van der Waals surface area contributed by atoms with Crippen LogP contribution in [0.15, 0.2) is 67.0 Å². The molecule has 1 amide bonds. The van der Waals surface area contributed by atoms with Crippen LogP contribution < -0.4 is 10.1 Å². The number of para-hydroxylation sites is 1. The van der Waals surface area contributed by atoms with E-state index in [1.54, 1.807) is 54.9 Å². The standard InChI is InChI=1S/C20H16N4O4/c1-14-13-16(28-20-21-11-4-12-22-20)8-9-17(14)23-19(25)10-7-15-5-2-3-6-18(15)24(26)27/h2-13H,1H3,(H,23,25)/b10-7+. The molecule has 0 saturated heterocycles. The maximum atomic E-state index is 12.2. The Labute approximate surface area is 160 Å². The van der Waals surface area contributed by atoms with E-state index in [0.717, 1.165) is 5.56 Å². The van der Waals surface area contributed by atoms with Crippen molar-refractivity contribution in [2.24, 2.45) is 0 Å². The Balaban J connectivity index is 1.68. The number of hydrogen-bond acceptors (Lipinski definition) is 6. The summed E-state index contributed by atoms with van der Waals surface area (Å²) in [4.78, 5) is 30.7. The Hall–Kier alpha value is -4.07. The van der Waals surface area contributed by atoms with E-state index in [1.165, 1.54) is 18.2 Å². The Bertz CT molecular complexity index is 1040. The fraction of sp³-hybridized carbons (Fsp3) is 0.0500. The predicted molar refractivity (Wildman–Crippen MR) is 104 cm³/mol. The van der Waals surface area contributed by atoms with Crippen LogP contribution in [0.4, 0.5) is 11.4 Å². The zero-order chi connectivity index (χ0) is 19.9. The number of hydrogen-bond donors (Lipinski definition) is 1. The van der Waals surface area contributed by atoms with Crippen molar-refractivity contribution in [2.45, 2.75) is 6.92 Å². The van der Waals surface area contributed by atoms with Gasteiger partial charge in [-0.1, -0.05) is 12.1 Å². The molecule has 0 aliphatic rings. The molecule has 28 heavy (non-hydrogen) atoms. The molecular weight excluding hydrogens is 360 g/mol. The molecule has 1 N–H and O–H groups in total. The molecule has 3 rings (SSSR count). The SMILES string of the molecule is Cc1cc(Oc2ncccn2)ccc1NC(=O)/C=C/c1ccccc1[N+](=O)[O-]. The summed E-state index contributed by atoms with van der Waals surface area (Å²) < 4.78 is 5.55. The number of nitrogens with zero attached hydrogens (tertiary/aromatic N) is 3. The number of anilines is 1. The van der Waals surface area contributed by atoms with Crippen molar-refractivity contribution in [3.05, 3.63) is 88.2 Å². The van der Waals surface area contributed by atoms with Gasteiger partial charge in [-0.2, -0.15) is 0 Å². The molecule has 0 aliphatic heterocycles. The number of ether oxygens (including phenoxy) is 1. The Morgan fingerprint density at radius 3 is 2.61 bits per heavy atom. The number of benzene rings is 2. The predicted octanol–water partition coefficient (Wildman–Crippen LogP) is 4.14. The third-order valence-electron chi connectivity index (χ3n) is 3.75. The smallest absolute Gasteiger partial charge is 0.321 e. The summed E-state index contributed by atoms with van der Waals surface area (Å²) >= 11 is 0. The number of nitrogens with one attached hydrogen (secondary N) is 1. The molecule has 8 nitrogen and oxygen atoms in total. The van der Waals surface area contributed by atoms with E-state index in [0.29, 0.717) is 17.0 Å². The van der Waals surface area contributed by atoms with E-state index in [4.69, 9.17) is 4.74 Å². The van der Waals surface area contributed by atoms with Crippen molar-refractivity contribution in [3.8, 4) is 11.8 Å². The van der Waals surface area contributed by atoms with Crippen LogP contribution in [0, 0.1) is 17.0 Å². The molecule has 0 atom stereocenters. The Morgan fingerprint density at radius 2 is 1.89 bits per heavy atom. The lowest BCUT2D eigenvalue weighted by molar-refractivity contribution is -0.385. The first-order valence-corrected chi connectivity index (χ1v) is 8.31. The maximum Gasteiger partial charge on any atom is 0.321 e. The van der Waals surface area contributed by atoms with Gasteiger partial charge in [0.05, 0.1) is 10.5 Å². The summed E-state index contributed by atoms with van der Waals surface area (Å²) in [7, 11) is 0. The minimum atomic E-state index is -0.489. The van der Waals surface area contributed by atoms with Gasteiger partial charge in [0, 0.05) is 30.2 Å². The van der Waals surface area contributed by atoms with Crippen LogP contribution in [-0.4, -0.2) is 20.8 Å². The highest BCUT2D eigenvalue weighted by molar-refractivity contribution is 6.02. The van der Waals surface area contributed by atoms with Crippen LogP contribution in [0.1, 0.15) is 11.1 Å². The van der Waals surface area contributed by atoms with E-state index in [1.807, 2.05) is 6.92 Å². The minimum absolute atomic E-state index is 0.0626. The number of nitro groups is 1. The molecule has 0 bridgehead atoms. The highest BCUT2D eigenvalue weighted by Gasteiger charge is 2.10. The molecule has 0 aliphatic carbocycles. The lowest BCUT2D eigenvalue weighted by atomic mass is 10.1. The van der Waals surface area contributed by atoms with E-state index in [-0.39, 0.29) is 11.7 Å². The zero-order valence-corrected chi connectivity index (χ0v) is 14.9. The number of aromatic nitrogens is 2. The lowest BCUT2D eigenvalue weighted by Crippen LogP contribution is -2.09. The largest absolute Gasteiger partial charge is 0.424 e. The van der Waals surface area contributed by atoms with Gasteiger partial charge in [0.25, 0.3) is 5.69 Å². The summed E-state index contributed by atoms with van der Waals surface area (Å²) in [6.07, 6.45) is 5.82. The van der Waals surface area contributed by atoms with Gasteiger partial charge in [-0.15, -0.1) is 0 Å². The van der Waals surface area contributed by atoms with Crippen molar-refractivity contribution in [2.75, 3.05) is 5.32 Å². The molecule has 0 fully saturated rings. The zero-order valence-electron chi connectivity index (χ0n) is 14.9. The lowest BCUT2D eigenvalue weighted by Gasteiger charge is -2.09. The molecule has 0 radical (unpaired) electrons. The molecule has 0 spiro atoms. The number of nitro benzene ring substituents is 1. The van der Waals surface area contributed by atoms with Gasteiger partial charge in [-0.3, -0.25) is 14.9 Å². The van der Waals surface area contributed by atoms with Crippen LogP contribution in [0.2, 0.25) is 0 Å². The van der Waals surface area contributed by atoms with Gasteiger partial charge < -0.3 is 10.1 Å². The highest BCUT2D eigenvalue weighted by Crippen LogP contribution is 2.24. The average molecular weight is 376 g/mol. The van der Waals surface area contributed by atoms with Gasteiger partial charge in [-0.25, -0.2) is 9.97 Å². The number of aryl methyl sites for hydroxylation is 1. The molecule has 8 heteroatoms. The van der Waals surface area contributed by atoms with Crippen LogP contribution in [0.25, 0.3) is 6.08 Å². The van der Waals surface area contributed by atoms with Crippen LogP contribution in [-0.2, 0) is 4.79 Å². The topological polar surface area (TPSA) is 107 Å². The van der Waals surface area contributed by atoms with Gasteiger partial charge in [0.2, 0.25) is 5.91 Å². The van der Waals surface area contributed by atoms with Gasteiger partial charge in [0.1, 0.15) is 5.75 Å². The molecule has 3 aromatic rings. The molecular formula is C20H16N4O4. The fourth-order valence-electron chi connectivity index (χ4n) is 2.42. The van der Waals surface area contributed by atoms with E-state index >= 15 is 0 Å². The van der Waals surface area contributed by atoms with E-state index in [9.17, 15) is 14.9 Å². The summed E-state index contributed by atoms with van der Waals surface area (Å²) in [5, 5.41) is 13.8. The van der Waals surface area contributed by atoms with Gasteiger partial charge in [-0.05, 0) is 48.9 Å². The second-order valence-corrected chi connectivity index (χ2v) is 5.75. The first kappa shape index (κ1) is 18.7. The highest BCUT2D eigenvalue weighted by atomic mass is 16.6. The van der Waals surface area contributed by atoms with Crippen molar-refractivity contribution >= 4 is 23.4 Å². The van der Waals surface area contributed by atoms with Crippen molar-refractivity contribution < 1.29 is 14.5 Å². The van der Waals surface area contributed by atoms with Gasteiger partial charge >= 0.3 is 6.01 Å². The normalized spacial score (nSPS) is 10.6. The molecule has 1 aromatic heterocycles. The molecule has 1 heterocycles. The quantitative estimate of drug-likeness (QED) is 0.394. The Kier molecular flexibility index (Phi) is 5.71. The second-order valence-electron chi connectivity index (χ2n) is 5.75. The summed E-state index contributed by atoms with van der Waals surface area (Å²) in [6.45, 7) is 1.82. The van der Waals surface area contributed by atoms with E-state index < -0.39 is 10.8 Å². The first-order chi connectivity index (χ1) is 13.5. The summed E-state index contributed by atoms with van der Waals surface area (Å²) in [6, 6.07) is 13.3. The fourth-order valence-corrected chi connectivity index (χ4v) is 2.42. The molecule has 0 unspecified atom stereocenters. The molecule has 140 valence electrons. The number of carbonyl (C=O) groups excluding carboxylic acids is 1. The minimum Gasteiger partial charge on any atom is -0.424 e. The number of amides is 1. The summed E-state index contributed by atoms with van der Waals surface area (Å²) in [5.41, 5.74) is 1.66.